The summed E-state index contributed by atoms with van der Waals surface area (Å²) in [6, 6.07) is 4.01. The SMILES string of the molecule is CCc1c(C(C)CO)ccc2c1OCCCO2. The summed E-state index contributed by atoms with van der Waals surface area (Å²) < 4.78 is 11.5. The van der Waals surface area contributed by atoms with Gasteiger partial charge in [0, 0.05) is 24.5 Å². The van der Waals surface area contributed by atoms with Crippen LogP contribution in [0.1, 0.15) is 37.3 Å². The zero-order valence-electron chi connectivity index (χ0n) is 10.5. The van der Waals surface area contributed by atoms with Crippen molar-refractivity contribution in [2.24, 2.45) is 0 Å². The van der Waals surface area contributed by atoms with Crippen molar-refractivity contribution in [2.45, 2.75) is 32.6 Å². The second kappa shape index (κ2) is 5.41. The molecule has 0 spiro atoms. The Morgan fingerprint density at radius 2 is 2.06 bits per heavy atom. The van der Waals surface area contributed by atoms with Gasteiger partial charge in [-0.3, -0.25) is 0 Å². The van der Waals surface area contributed by atoms with Crippen molar-refractivity contribution in [1.82, 2.24) is 0 Å². The molecule has 1 aromatic carbocycles. The number of ether oxygens (including phenoxy) is 2. The minimum atomic E-state index is 0.141. The predicted octanol–water partition coefficient (Wildman–Crippen LogP) is 2.51. The molecule has 3 heteroatoms. The molecule has 1 N–H and O–H groups in total. The minimum absolute atomic E-state index is 0.141. The van der Waals surface area contributed by atoms with Crippen molar-refractivity contribution in [3.63, 3.8) is 0 Å². The van der Waals surface area contributed by atoms with E-state index in [2.05, 4.69) is 6.92 Å². The topological polar surface area (TPSA) is 38.7 Å². The Kier molecular flexibility index (Phi) is 3.89. The molecule has 2 rings (SSSR count). The van der Waals surface area contributed by atoms with E-state index in [0.29, 0.717) is 13.2 Å². The molecule has 0 aromatic heterocycles. The van der Waals surface area contributed by atoms with E-state index in [9.17, 15) is 5.11 Å². The Bertz CT molecular complexity index is 387. The van der Waals surface area contributed by atoms with Gasteiger partial charge in [0.1, 0.15) is 0 Å². The molecule has 0 saturated heterocycles. The van der Waals surface area contributed by atoms with Crippen LogP contribution in [0.5, 0.6) is 11.5 Å². The van der Waals surface area contributed by atoms with Gasteiger partial charge in [-0.05, 0) is 18.1 Å². The summed E-state index contributed by atoms with van der Waals surface area (Å²) in [5.74, 6) is 1.86. The molecule has 0 aliphatic carbocycles. The average Bonchev–Trinajstić information content (AvgIpc) is 2.61. The van der Waals surface area contributed by atoms with Gasteiger partial charge in [0.05, 0.1) is 13.2 Å². The molecule has 1 aromatic rings. The maximum Gasteiger partial charge on any atom is 0.164 e. The monoisotopic (exact) mass is 236 g/mol. The number of hydrogen-bond acceptors (Lipinski definition) is 3. The zero-order valence-corrected chi connectivity index (χ0v) is 10.5. The lowest BCUT2D eigenvalue weighted by atomic mass is 9.94. The van der Waals surface area contributed by atoms with E-state index in [-0.39, 0.29) is 12.5 Å². The highest BCUT2D eigenvalue weighted by Gasteiger charge is 2.19. The van der Waals surface area contributed by atoms with Gasteiger partial charge in [0.2, 0.25) is 0 Å². The van der Waals surface area contributed by atoms with Crippen LogP contribution in [0.25, 0.3) is 0 Å². The second-order valence-corrected chi connectivity index (χ2v) is 4.45. The summed E-state index contributed by atoms with van der Waals surface area (Å²) in [7, 11) is 0. The van der Waals surface area contributed by atoms with Crippen molar-refractivity contribution >= 4 is 0 Å². The van der Waals surface area contributed by atoms with Gasteiger partial charge in [-0.25, -0.2) is 0 Å². The van der Waals surface area contributed by atoms with E-state index < -0.39 is 0 Å². The van der Waals surface area contributed by atoms with Crippen LogP contribution in [0.3, 0.4) is 0 Å². The first-order chi connectivity index (χ1) is 8.27. The molecule has 1 aliphatic rings. The molecule has 1 unspecified atom stereocenters. The zero-order chi connectivity index (χ0) is 12.3. The fraction of sp³-hybridized carbons (Fsp3) is 0.571. The van der Waals surface area contributed by atoms with Gasteiger partial charge < -0.3 is 14.6 Å². The Morgan fingerprint density at radius 3 is 2.76 bits per heavy atom. The quantitative estimate of drug-likeness (QED) is 0.876. The normalized spacial score (nSPS) is 16.4. The van der Waals surface area contributed by atoms with Gasteiger partial charge >= 0.3 is 0 Å². The molecule has 0 fully saturated rings. The summed E-state index contributed by atoms with van der Waals surface area (Å²) in [6.45, 7) is 5.71. The number of aliphatic hydroxyl groups is 1. The Balaban J connectivity index is 2.46. The third-order valence-corrected chi connectivity index (χ3v) is 3.21. The van der Waals surface area contributed by atoms with E-state index in [1.165, 1.54) is 11.1 Å². The van der Waals surface area contributed by atoms with Gasteiger partial charge in [-0.2, -0.15) is 0 Å². The molecule has 17 heavy (non-hydrogen) atoms. The Hall–Kier alpha value is -1.22. The largest absolute Gasteiger partial charge is 0.490 e. The van der Waals surface area contributed by atoms with Crippen molar-refractivity contribution in [3.05, 3.63) is 23.3 Å². The van der Waals surface area contributed by atoms with E-state index in [0.717, 1.165) is 24.3 Å². The number of aliphatic hydroxyl groups excluding tert-OH is 1. The molecule has 94 valence electrons. The van der Waals surface area contributed by atoms with Gasteiger partial charge in [0.25, 0.3) is 0 Å². The first kappa shape index (κ1) is 12.2. The highest BCUT2D eigenvalue weighted by molar-refractivity contribution is 5.52. The third-order valence-electron chi connectivity index (χ3n) is 3.21. The first-order valence-electron chi connectivity index (χ1n) is 6.30. The van der Waals surface area contributed by atoms with E-state index in [4.69, 9.17) is 9.47 Å². The van der Waals surface area contributed by atoms with Crippen molar-refractivity contribution in [2.75, 3.05) is 19.8 Å². The van der Waals surface area contributed by atoms with Crippen LogP contribution < -0.4 is 9.47 Å². The lowest BCUT2D eigenvalue weighted by Crippen LogP contribution is -2.06. The smallest absolute Gasteiger partial charge is 0.164 e. The van der Waals surface area contributed by atoms with Crippen molar-refractivity contribution in [3.8, 4) is 11.5 Å². The summed E-state index contributed by atoms with van der Waals surface area (Å²) in [5, 5.41) is 9.30. The number of fused-ring (bicyclic) bond motifs is 1. The highest BCUT2D eigenvalue weighted by Crippen LogP contribution is 2.38. The van der Waals surface area contributed by atoms with Crippen LogP contribution in [0, 0.1) is 0 Å². The first-order valence-corrected chi connectivity index (χ1v) is 6.30. The average molecular weight is 236 g/mol. The van der Waals surface area contributed by atoms with E-state index in [1.807, 2.05) is 19.1 Å². The maximum absolute atomic E-state index is 9.30. The summed E-state index contributed by atoms with van der Waals surface area (Å²) in [6.07, 6.45) is 1.81. The van der Waals surface area contributed by atoms with Gasteiger partial charge in [-0.1, -0.05) is 19.9 Å². The fourth-order valence-electron chi connectivity index (χ4n) is 2.23. The van der Waals surface area contributed by atoms with E-state index >= 15 is 0 Å². The van der Waals surface area contributed by atoms with Crippen LogP contribution >= 0.6 is 0 Å². The predicted molar refractivity (Wildman–Crippen MR) is 66.9 cm³/mol. The molecule has 1 aliphatic heterocycles. The summed E-state index contributed by atoms with van der Waals surface area (Å²) >= 11 is 0. The lowest BCUT2D eigenvalue weighted by molar-refractivity contribution is 0.271. The lowest BCUT2D eigenvalue weighted by Gasteiger charge is -2.18. The minimum Gasteiger partial charge on any atom is -0.490 e. The van der Waals surface area contributed by atoms with Gasteiger partial charge in [-0.15, -0.1) is 0 Å². The molecular formula is C14H20O3. The van der Waals surface area contributed by atoms with E-state index in [1.54, 1.807) is 0 Å². The molecule has 0 radical (unpaired) electrons. The third kappa shape index (κ3) is 2.39. The standard InChI is InChI=1S/C14H20O3/c1-3-11-12(10(2)9-15)5-6-13-14(11)17-8-4-7-16-13/h5-6,10,15H,3-4,7-9H2,1-2H3. The Morgan fingerprint density at radius 1 is 1.29 bits per heavy atom. The maximum atomic E-state index is 9.30. The molecule has 0 saturated carbocycles. The molecule has 0 bridgehead atoms. The highest BCUT2D eigenvalue weighted by atomic mass is 16.5. The Labute approximate surface area is 102 Å². The van der Waals surface area contributed by atoms with Crippen molar-refractivity contribution in [1.29, 1.82) is 0 Å². The van der Waals surface area contributed by atoms with Gasteiger partial charge in [0.15, 0.2) is 11.5 Å². The van der Waals surface area contributed by atoms with Crippen LogP contribution in [0.4, 0.5) is 0 Å². The summed E-state index contributed by atoms with van der Waals surface area (Å²) in [4.78, 5) is 0. The van der Waals surface area contributed by atoms with Crippen LogP contribution in [0.2, 0.25) is 0 Å². The summed E-state index contributed by atoms with van der Waals surface area (Å²) in [5.41, 5.74) is 2.34. The fourth-order valence-corrected chi connectivity index (χ4v) is 2.23. The van der Waals surface area contributed by atoms with Crippen LogP contribution in [-0.2, 0) is 6.42 Å². The van der Waals surface area contributed by atoms with Crippen LogP contribution in [-0.4, -0.2) is 24.9 Å². The molecule has 0 amide bonds. The molecule has 1 atom stereocenters. The molecular weight excluding hydrogens is 216 g/mol. The van der Waals surface area contributed by atoms with Crippen LogP contribution in [0.15, 0.2) is 12.1 Å². The molecule has 1 heterocycles. The number of rotatable bonds is 3. The number of benzene rings is 1. The molecule has 3 nitrogen and oxygen atoms in total. The number of hydrogen-bond donors (Lipinski definition) is 1. The van der Waals surface area contributed by atoms with Crippen molar-refractivity contribution < 1.29 is 14.6 Å². The second-order valence-electron chi connectivity index (χ2n) is 4.45.